The highest BCUT2D eigenvalue weighted by molar-refractivity contribution is 7.82. The lowest BCUT2D eigenvalue weighted by Crippen LogP contribution is -3.13. The number of thiocarbonyl (C=S) groups is 1. The van der Waals surface area contributed by atoms with Gasteiger partial charge < -0.3 is 10.2 Å². The van der Waals surface area contributed by atoms with Crippen LogP contribution in [0.4, 0.5) is 4.39 Å². The molecule has 0 atom stereocenters. The zero-order valence-electron chi connectivity index (χ0n) is 11.6. The maximum Gasteiger partial charge on any atom is 0.141 e. The number of halogens is 1. The van der Waals surface area contributed by atoms with Crippen molar-refractivity contribution in [3.05, 3.63) is 35.6 Å². The highest BCUT2D eigenvalue weighted by Gasteiger charge is 2.41. The second-order valence-electron chi connectivity index (χ2n) is 5.56. The fourth-order valence-corrected chi connectivity index (χ4v) is 3.33. The fourth-order valence-electron chi connectivity index (χ4n) is 2.97. The number of nitrogens with zero attached hydrogens (tertiary/aromatic N) is 1. The molecule has 2 aliphatic rings. The van der Waals surface area contributed by atoms with Gasteiger partial charge in [0, 0.05) is 18.4 Å². The Morgan fingerprint density at radius 1 is 1.30 bits per heavy atom. The van der Waals surface area contributed by atoms with Gasteiger partial charge in [-0.15, -0.1) is 0 Å². The van der Waals surface area contributed by atoms with E-state index in [1.807, 2.05) is 0 Å². The van der Waals surface area contributed by atoms with Gasteiger partial charge in [0.2, 0.25) is 0 Å². The molecule has 0 aliphatic carbocycles. The van der Waals surface area contributed by atoms with E-state index in [9.17, 15) is 4.39 Å². The molecule has 2 heterocycles. The highest BCUT2D eigenvalue weighted by Crippen LogP contribution is 2.25. The lowest BCUT2D eigenvalue weighted by atomic mass is 9.98. The molecule has 5 heteroatoms. The van der Waals surface area contributed by atoms with Crippen molar-refractivity contribution in [3.8, 4) is 0 Å². The van der Waals surface area contributed by atoms with E-state index in [0.29, 0.717) is 4.99 Å². The van der Waals surface area contributed by atoms with Crippen molar-refractivity contribution in [2.75, 3.05) is 19.6 Å². The van der Waals surface area contributed by atoms with E-state index in [2.05, 4.69) is 12.2 Å². The first-order chi connectivity index (χ1) is 9.62. The van der Waals surface area contributed by atoms with Gasteiger partial charge in [0.15, 0.2) is 0 Å². The van der Waals surface area contributed by atoms with Crippen molar-refractivity contribution in [1.29, 1.82) is 0 Å². The third-order valence-corrected chi connectivity index (χ3v) is 4.58. The minimum absolute atomic E-state index is 0.223. The van der Waals surface area contributed by atoms with Gasteiger partial charge in [0.1, 0.15) is 22.2 Å². The maximum absolute atomic E-state index is 13.0. The molecule has 3 rings (SSSR count). The third kappa shape index (κ3) is 2.47. The molecule has 20 heavy (non-hydrogen) atoms. The number of aliphatic imine (C=N–C) groups is 1. The Morgan fingerprint density at radius 2 is 1.95 bits per heavy atom. The van der Waals surface area contributed by atoms with Crippen molar-refractivity contribution >= 4 is 22.9 Å². The van der Waals surface area contributed by atoms with Gasteiger partial charge in [-0.05, 0) is 31.2 Å². The topological polar surface area (TPSA) is 28.8 Å². The van der Waals surface area contributed by atoms with Crippen molar-refractivity contribution in [2.24, 2.45) is 4.99 Å². The smallest absolute Gasteiger partial charge is 0.141 e. The van der Waals surface area contributed by atoms with E-state index in [0.717, 1.165) is 43.8 Å². The monoisotopic (exact) mass is 292 g/mol. The van der Waals surface area contributed by atoms with Crippen molar-refractivity contribution in [1.82, 2.24) is 5.32 Å². The van der Waals surface area contributed by atoms with E-state index in [1.165, 1.54) is 12.1 Å². The summed E-state index contributed by atoms with van der Waals surface area (Å²) < 4.78 is 13.0. The minimum atomic E-state index is -0.235. The number of benzene rings is 1. The minimum Gasteiger partial charge on any atom is -0.350 e. The molecule has 0 bridgehead atoms. The number of hydrogen-bond donors (Lipinski definition) is 2. The van der Waals surface area contributed by atoms with Crippen LogP contribution >= 0.6 is 12.2 Å². The number of likely N-dealkylation sites (tertiary alicyclic amines) is 1. The van der Waals surface area contributed by atoms with Gasteiger partial charge >= 0.3 is 0 Å². The van der Waals surface area contributed by atoms with E-state index < -0.39 is 0 Å². The van der Waals surface area contributed by atoms with Crippen LogP contribution in [0.3, 0.4) is 0 Å². The molecule has 1 spiro atoms. The van der Waals surface area contributed by atoms with Crippen molar-refractivity contribution < 1.29 is 9.29 Å². The Hall–Kier alpha value is -1.33. The number of quaternary nitrogens is 1. The Bertz CT molecular complexity index is 545. The second-order valence-corrected chi connectivity index (χ2v) is 5.96. The number of nitrogens with one attached hydrogen (secondary N) is 2. The molecule has 2 aliphatic heterocycles. The molecule has 0 aromatic heterocycles. The fraction of sp³-hybridized carbons (Fsp3) is 0.467. The molecular formula is C15H19FN3S+. The first-order valence-electron chi connectivity index (χ1n) is 7.14. The highest BCUT2D eigenvalue weighted by atomic mass is 32.1. The van der Waals surface area contributed by atoms with Crippen LogP contribution < -0.4 is 10.2 Å². The maximum atomic E-state index is 13.0. The summed E-state index contributed by atoms with van der Waals surface area (Å²) >= 11 is 5.42. The van der Waals surface area contributed by atoms with Gasteiger partial charge in [0.25, 0.3) is 0 Å². The molecular weight excluding hydrogens is 273 g/mol. The SMILES string of the molecule is CC[NH+]1CCC2(CC1)N=C(c1ccc(F)cc1)C(=S)N2. The molecule has 1 aromatic rings. The summed E-state index contributed by atoms with van der Waals surface area (Å²) in [5.74, 6) is -0.235. The number of hydrogen-bond acceptors (Lipinski definition) is 2. The zero-order valence-corrected chi connectivity index (χ0v) is 12.4. The Balaban J connectivity index is 1.84. The lowest BCUT2D eigenvalue weighted by molar-refractivity contribution is -0.904. The molecule has 0 radical (unpaired) electrons. The molecule has 1 aromatic carbocycles. The van der Waals surface area contributed by atoms with E-state index in [-0.39, 0.29) is 11.5 Å². The molecule has 1 fully saturated rings. The molecule has 2 N–H and O–H groups in total. The van der Waals surface area contributed by atoms with Crippen LogP contribution in [-0.2, 0) is 0 Å². The van der Waals surface area contributed by atoms with E-state index >= 15 is 0 Å². The summed E-state index contributed by atoms with van der Waals surface area (Å²) in [6.07, 6.45) is 2.00. The summed E-state index contributed by atoms with van der Waals surface area (Å²) in [5, 5.41) is 3.40. The summed E-state index contributed by atoms with van der Waals surface area (Å²) in [6.45, 7) is 5.61. The largest absolute Gasteiger partial charge is 0.350 e. The summed E-state index contributed by atoms with van der Waals surface area (Å²) in [6, 6.07) is 6.39. The van der Waals surface area contributed by atoms with Gasteiger partial charge in [-0.2, -0.15) is 0 Å². The predicted molar refractivity (Wildman–Crippen MR) is 81.9 cm³/mol. The van der Waals surface area contributed by atoms with Gasteiger partial charge in [-0.1, -0.05) is 12.2 Å². The molecule has 3 nitrogen and oxygen atoms in total. The van der Waals surface area contributed by atoms with Gasteiger partial charge in [-0.25, -0.2) is 4.39 Å². The summed E-state index contributed by atoms with van der Waals surface area (Å²) in [7, 11) is 0. The molecule has 106 valence electrons. The molecule has 0 amide bonds. The molecule has 1 saturated heterocycles. The first-order valence-corrected chi connectivity index (χ1v) is 7.54. The van der Waals surface area contributed by atoms with Crippen LogP contribution in [0.1, 0.15) is 25.3 Å². The Labute approximate surface area is 123 Å². The van der Waals surface area contributed by atoms with Crippen molar-refractivity contribution in [3.63, 3.8) is 0 Å². The molecule has 0 unspecified atom stereocenters. The summed E-state index contributed by atoms with van der Waals surface area (Å²) in [4.78, 5) is 7.17. The van der Waals surface area contributed by atoms with Crippen LogP contribution in [-0.4, -0.2) is 36.0 Å². The van der Waals surface area contributed by atoms with Crippen molar-refractivity contribution in [2.45, 2.75) is 25.4 Å². The van der Waals surface area contributed by atoms with E-state index in [1.54, 1.807) is 17.0 Å². The first kappa shape index (κ1) is 13.6. The van der Waals surface area contributed by atoms with Crippen LogP contribution in [0.15, 0.2) is 29.3 Å². The predicted octanol–water partition coefficient (Wildman–Crippen LogP) is 0.940. The van der Waals surface area contributed by atoms with Crippen LogP contribution in [0.25, 0.3) is 0 Å². The summed E-state index contributed by atoms with van der Waals surface area (Å²) in [5.41, 5.74) is 1.48. The Kier molecular flexibility index (Phi) is 3.56. The van der Waals surface area contributed by atoms with Crippen LogP contribution in [0, 0.1) is 5.82 Å². The average molecular weight is 292 g/mol. The third-order valence-electron chi connectivity index (χ3n) is 4.29. The van der Waals surface area contributed by atoms with Gasteiger partial charge in [0.05, 0.1) is 19.6 Å². The Morgan fingerprint density at radius 3 is 2.55 bits per heavy atom. The van der Waals surface area contributed by atoms with Crippen LogP contribution in [0.2, 0.25) is 0 Å². The number of rotatable bonds is 2. The normalized spacial score (nSPS) is 29.4. The van der Waals surface area contributed by atoms with E-state index in [4.69, 9.17) is 17.2 Å². The van der Waals surface area contributed by atoms with Gasteiger partial charge in [-0.3, -0.25) is 4.99 Å². The van der Waals surface area contributed by atoms with Crippen LogP contribution in [0.5, 0.6) is 0 Å². The second kappa shape index (κ2) is 5.22. The molecule has 0 saturated carbocycles. The zero-order chi connectivity index (χ0) is 14.2. The standard InChI is InChI=1S/C15H18FN3S/c1-2-19-9-7-15(8-10-19)17-13(14(20)18-15)11-3-5-12(16)6-4-11/h3-6H,2,7-10H2,1H3,(H,18,20)/p+1. The average Bonchev–Trinajstić information content (AvgIpc) is 2.77. The lowest BCUT2D eigenvalue weighted by Gasteiger charge is -2.34. The number of piperidine rings is 1. The quantitative estimate of drug-likeness (QED) is 0.794.